The molecular formula is C25H47N3O3. The van der Waals surface area contributed by atoms with E-state index in [4.69, 9.17) is 19.9 Å². The van der Waals surface area contributed by atoms with Gasteiger partial charge in [-0.1, -0.05) is 52.0 Å². The smallest absolute Gasteiger partial charge is 0.0701 e. The van der Waals surface area contributed by atoms with Crippen LogP contribution in [0.1, 0.15) is 51.2 Å². The highest BCUT2D eigenvalue weighted by atomic mass is 16.5. The minimum Gasteiger partial charge on any atom is -0.379 e. The lowest BCUT2D eigenvalue weighted by molar-refractivity contribution is 0.00765. The Balaban J connectivity index is 0.00000233. The lowest BCUT2D eigenvalue weighted by atomic mass is 10.0. The average Bonchev–Trinajstić information content (AvgIpc) is 2.80. The molecule has 0 aromatic heterocycles. The molecule has 1 aliphatic rings. The molecule has 0 amide bonds. The molecule has 2 N–H and O–H groups in total. The van der Waals surface area contributed by atoms with Gasteiger partial charge in [0.15, 0.2) is 0 Å². The van der Waals surface area contributed by atoms with Crippen LogP contribution in [0.3, 0.4) is 0 Å². The molecule has 1 aromatic rings. The van der Waals surface area contributed by atoms with Crippen molar-refractivity contribution >= 4 is 0 Å². The minimum atomic E-state index is 0.599. The fraction of sp³-hybridized carbons (Fsp3) is 0.760. The molecule has 0 radical (unpaired) electrons. The summed E-state index contributed by atoms with van der Waals surface area (Å²) in [6.45, 7) is 19.7. The van der Waals surface area contributed by atoms with Crippen molar-refractivity contribution in [2.45, 2.75) is 46.6 Å². The highest BCUT2D eigenvalue weighted by Gasteiger charge is 2.16. The van der Waals surface area contributed by atoms with Crippen molar-refractivity contribution in [2.24, 2.45) is 5.73 Å². The van der Waals surface area contributed by atoms with Crippen LogP contribution in [0.5, 0.6) is 0 Å². The van der Waals surface area contributed by atoms with Gasteiger partial charge in [-0.25, -0.2) is 0 Å². The van der Waals surface area contributed by atoms with E-state index in [1.54, 1.807) is 0 Å². The predicted octanol–water partition coefficient (Wildman–Crippen LogP) is 3.35. The molecule has 6 nitrogen and oxygen atoms in total. The number of rotatable bonds is 15. The standard InChI is InChI=1S/C23H41N3O3.C2H6/c1-21(2)23-6-4-22(5-7-23)20-26-11-9-25(10-12-26)13-15-28-17-19-29-18-16-27-14-3-8-24;1-2/h4-7,21H,3,8-20,24H2,1-2H3;1-2H3. The van der Waals surface area contributed by atoms with E-state index in [0.29, 0.717) is 45.5 Å². The quantitative estimate of drug-likeness (QED) is 0.425. The van der Waals surface area contributed by atoms with E-state index in [1.807, 2.05) is 13.8 Å². The summed E-state index contributed by atoms with van der Waals surface area (Å²) in [4.78, 5) is 5.04. The van der Waals surface area contributed by atoms with Gasteiger partial charge in [0.05, 0.1) is 33.0 Å². The van der Waals surface area contributed by atoms with Crippen LogP contribution in [0.4, 0.5) is 0 Å². The molecule has 0 atom stereocenters. The first-order chi connectivity index (χ1) is 15.2. The summed E-state index contributed by atoms with van der Waals surface area (Å²) in [5.74, 6) is 0.599. The number of hydrogen-bond acceptors (Lipinski definition) is 6. The fourth-order valence-corrected chi connectivity index (χ4v) is 3.36. The second-order valence-corrected chi connectivity index (χ2v) is 7.99. The zero-order valence-corrected chi connectivity index (χ0v) is 20.5. The van der Waals surface area contributed by atoms with Gasteiger partial charge in [-0.15, -0.1) is 0 Å². The van der Waals surface area contributed by atoms with Crippen LogP contribution in [-0.4, -0.2) is 88.7 Å². The Labute approximate surface area is 191 Å². The molecule has 180 valence electrons. The molecule has 1 saturated heterocycles. The summed E-state index contributed by atoms with van der Waals surface area (Å²) in [5, 5.41) is 0. The first-order valence-corrected chi connectivity index (χ1v) is 12.2. The van der Waals surface area contributed by atoms with E-state index in [2.05, 4.69) is 47.9 Å². The topological polar surface area (TPSA) is 60.2 Å². The normalized spacial score (nSPS) is 15.2. The van der Waals surface area contributed by atoms with Gasteiger partial charge in [0.25, 0.3) is 0 Å². The van der Waals surface area contributed by atoms with E-state index in [1.165, 1.54) is 11.1 Å². The number of ether oxygens (including phenoxy) is 3. The molecule has 0 bridgehead atoms. The van der Waals surface area contributed by atoms with Crippen LogP contribution in [0.25, 0.3) is 0 Å². The Morgan fingerprint density at radius 2 is 1.29 bits per heavy atom. The molecule has 1 aliphatic heterocycles. The zero-order valence-electron chi connectivity index (χ0n) is 20.5. The van der Waals surface area contributed by atoms with Crippen LogP contribution >= 0.6 is 0 Å². The lowest BCUT2D eigenvalue weighted by Gasteiger charge is -2.34. The molecule has 6 heteroatoms. The van der Waals surface area contributed by atoms with Gasteiger partial charge >= 0.3 is 0 Å². The van der Waals surface area contributed by atoms with Gasteiger partial charge in [0, 0.05) is 45.9 Å². The van der Waals surface area contributed by atoms with Gasteiger partial charge in [-0.05, 0) is 30.0 Å². The van der Waals surface area contributed by atoms with Crippen molar-refractivity contribution in [1.29, 1.82) is 0 Å². The molecule has 1 heterocycles. The van der Waals surface area contributed by atoms with Crippen LogP contribution in [-0.2, 0) is 20.8 Å². The van der Waals surface area contributed by atoms with E-state index in [-0.39, 0.29) is 0 Å². The van der Waals surface area contributed by atoms with Crippen molar-refractivity contribution in [1.82, 2.24) is 9.80 Å². The number of nitrogens with zero attached hydrogens (tertiary/aromatic N) is 2. The second kappa shape index (κ2) is 18.5. The van der Waals surface area contributed by atoms with Crippen molar-refractivity contribution in [3.05, 3.63) is 35.4 Å². The highest BCUT2D eigenvalue weighted by Crippen LogP contribution is 2.16. The molecule has 1 aromatic carbocycles. The number of hydrogen-bond donors (Lipinski definition) is 1. The van der Waals surface area contributed by atoms with Crippen molar-refractivity contribution in [3.8, 4) is 0 Å². The number of nitrogens with two attached hydrogens (primary N) is 1. The predicted molar refractivity (Wildman–Crippen MR) is 130 cm³/mol. The van der Waals surface area contributed by atoms with Gasteiger partial charge in [0.2, 0.25) is 0 Å². The summed E-state index contributed by atoms with van der Waals surface area (Å²) in [7, 11) is 0. The summed E-state index contributed by atoms with van der Waals surface area (Å²) in [5.41, 5.74) is 8.24. The lowest BCUT2D eigenvalue weighted by Crippen LogP contribution is -2.46. The third-order valence-electron chi connectivity index (χ3n) is 5.31. The Bertz CT molecular complexity index is 517. The van der Waals surface area contributed by atoms with Gasteiger partial charge in [-0.3, -0.25) is 9.80 Å². The molecule has 31 heavy (non-hydrogen) atoms. The van der Waals surface area contributed by atoms with Gasteiger partial charge in [-0.2, -0.15) is 0 Å². The van der Waals surface area contributed by atoms with E-state index in [0.717, 1.165) is 52.3 Å². The fourth-order valence-electron chi connectivity index (χ4n) is 3.36. The Morgan fingerprint density at radius 3 is 1.84 bits per heavy atom. The summed E-state index contributed by atoms with van der Waals surface area (Å²) in [6.07, 6.45) is 0.906. The van der Waals surface area contributed by atoms with Crippen LogP contribution < -0.4 is 5.73 Å². The van der Waals surface area contributed by atoms with Crippen molar-refractivity contribution in [3.63, 3.8) is 0 Å². The van der Waals surface area contributed by atoms with Gasteiger partial charge in [0.1, 0.15) is 0 Å². The SMILES string of the molecule is CC.CC(C)c1ccc(CN2CCN(CCOCCOCCOCCCN)CC2)cc1. The minimum absolute atomic E-state index is 0.599. The largest absolute Gasteiger partial charge is 0.379 e. The van der Waals surface area contributed by atoms with E-state index >= 15 is 0 Å². The molecule has 2 rings (SSSR count). The average molecular weight is 438 g/mol. The number of piperazine rings is 1. The Hall–Kier alpha value is -1.02. The van der Waals surface area contributed by atoms with Crippen LogP contribution in [0.15, 0.2) is 24.3 Å². The second-order valence-electron chi connectivity index (χ2n) is 7.99. The van der Waals surface area contributed by atoms with E-state index in [9.17, 15) is 0 Å². The maximum absolute atomic E-state index is 5.70. The molecule has 1 fully saturated rings. The maximum atomic E-state index is 5.70. The summed E-state index contributed by atoms with van der Waals surface area (Å²) in [6, 6.07) is 9.10. The Kier molecular flexibility index (Phi) is 16.8. The third-order valence-corrected chi connectivity index (χ3v) is 5.31. The van der Waals surface area contributed by atoms with Crippen molar-refractivity contribution < 1.29 is 14.2 Å². The highest BCUT2D eigenvalue weighted by molar-refractivity contribution is 5.24. The third kappa shape index (κ3) is 13.2. The maximum Gasteiger partial charge on any atom is 0.0701 e. The molecule has 0 aliphatic carbocycles. The summed E-state index contributed by atoms with van der Waals surface area (Å²) < 4.78 is 16.6. The number of benzene rings is 1. The first kappa shape index (κ1) is 28.0. The van der Waals surface area contributed by atoms with E-state index < -0.39 is 0 Å². The first-order valence-electron chi connectivity index (χ1n) is 12.2. The zero-order chi connectivity index (χ0) is 22.7. The van der Waals surface area contributed by atoms with Crippen LogP contribution in [0, 0.1) is 0 Å². The van der Waals surface area contributed by atoms with Crippen LogP contribution in [0.2, 0.25) is 0 Å². The Morgan fingerprint density at radius 1 is 0.774 bits per heavy atom. The summed E-state index contributed by atoms with van der Waals surface area (Å²) >= 11 is 0. The van der Waals surface area contributed by atoms with Gasteiger partial charge < -0.3 is 19.9 Å². The molecule has 0 unspecified atom stereocenters. The monoisotopic (exact) mass is 437 g/mol. The molecular weight excluding hydrogens is 390 g/mol. The molecule has 0 saturated carbocycles. The van der Waals surface area contributed by atoms with Crippen molar-refractivity contribution in [2.75, 3.05) is 78.9 Å². The molecule has 0 spiro atoms.